The first-order valence-electron chi connectivity index (χ1n) is 8.06. The second kappa shape index (κ2) is 15.9. The Morgan fingerprint density at radius 3 is 1.47 bits per heavy atom. The zero-order valence-electron chi connectivity index (χ0n) is 12.8. The van der Waals surface area contributed by atoms with Gasteiger partial charge in [0, 0.05) is 0 Å². The molecule has 0 radical (unpaired) electrons. The Balaban J connectivity index is 3.30. The van der Waals surface area contributed by atoms with E-state index < -0.39 is 0 Å². The van der Waals surface area contributed by atoms with Crippen LogP contribution in [0.1, 0.15) is 78.1 Å². The van der Waals surface area contributed by atoms with Gasteiger partial charge in [0.15, 0.2) is 0 Å². The fourth-order valence-corrected chi connectivity index (χ4v) is 6.72. The van der Waals surface area contributed by atoms with E-state index in [2.05, 4.69) is 45.7 Å². The second-order valence-electron chi connectivity index (χ2n) is 5.43. The molecule has 0 aromatic heterocycles. The van der Waals surface area contributed by atoms with Crippen molar-refractivity contribution >= 4 is 46.8 Å². The fourth-order valence-electron chi connectivity index (χ4n) is 2.08. The van der Waals surface area contributed by atoms with Gasteiger partial charge in [0.25, 0.3) is 0 Å². The van der Waals surface area contributed by atoms with Crippen molar-refractivity contribution in [2.24, 2.45) is 0 Å². The van der Waals surface area contributed by atoms with Crippen molar-refractivity contribution in [2.75, 3.05) is 0 Å². The third-order valence-corrected chi connectivity index (χ3v) is 9.51. The molecule has 0 amide bonds. The standard InChI is InChI=1S/C16H32Br2Se/c1-3-5-7-9-11-15(17)13-19-14-16(18)12-10-8-6-4-2/h15-16H,3-14H2,1-2H3. The monoisotopic (exact) mass is 462 g/mol. The van der Waals surface area contributed by atoms with Gasteiger partial charge in [-0.3, -0.25) is 0 Å². The molecule has 0 saturated carbocycles. The average Bonchev–Trinajstić information content (AvgIpc) is 2.40. The molecule has 0 aromatic rings. The molecule has 0 fully saturated rings. The van der Waals surface area contributed by atoms with E-state index >= 15 is 0 Å². The van der Waals surface area contributed by atoms with Crippen LogP contribution < -0.4 is 0 Å². The molecule has 0 aromatic carbocycles. The average molecular weight is 463 g/mol. The summed E-state index contributed by atoms with van der Waals surface area (Å²) in [5.74, 6) is 0. The fraction of sp³-hybridized carbons (Fsp3) is 1.00. The van der Waals surface area contributed by atoms with Gasteiger partial charge >= 0.3 is 145 Å². The Labute approximate surface area is 144 Å². The van der Waals surface area contributed by atoms with Crippen LogP contribution in [-0.4, -0.2) is 24.6 Å². The van der Waals surface area contributed by atoms with Crippen LogP contribution in [0.15, 0.2) is 0 Å². The maximum absolute atomic E-state index is 3.85. The van der Waals surface area contributed by atoms with E-state index in [4.69, 9.17) is 0 Å². The van der Waals surface area contributed by atoms with Crippen LogP contribution in [-0.2, 0) is 0 Å². The van der Waals surface area contributed by atoms with E-state index in [1.165, 1.54) is 74.8 Å². The topological polar surface area (TPSA) is 0 Å². The van der Waals surface area contributed by atoms with Gasteiger partial charge in [0.1, 0.15) is 0 Å². The molecule has 0 N–H and O–H groups in total. The Kier molecular flexibility index (Phi) is 17.1. The molecular formula is C16H32Br2Se. The minimum absolute atomic E-state index is 0.782. The first kappa shape index (κ1) is 20.5. The molecule has 2 unspecified atom stereocenters. The van der Waals surface area contributed by atoms with Crippen molar-refractivity contribution < 1.29 is 0 Å². The summed E-state index contributed by atoms with van der Waals surface area (Å²) in [6.45, 7) is 4.57. The Hall–Kier alpha value is 1.48. The predicted molar refractivity (Wildman–Crippen MR) is 98.3 cm³/mol. The molecular weight excluding hydrogens is 431 g/mol. The first-order valence-corrected chi connectivity index (χ1v) is 12.3. The van der Waals surface area contributed by atoms with Crippen LogP contribution in [0.5, 0.6) is 0 Å². The summed E-state index contributed by atoms with van der Waals surface area (Å²) in [5.41, 5.74) is 0. The summed E-state index contributed by atoms with van der Waals surface area (Å²) in [7, 11) is 0. The van der Waals surface area contributed by atoms with E-state index in [1.807, 2.05) is 0 Å². The third-order valence-electron chi connectivity index (χ3n) is 3.34. The van der Waals surface area contributed by atoms with Gasteiger partial charge in [-0.05, 0) is 0 Å². The van der Waals surface area contributed by atoms with Crippen molar-refractivity contribution in [3.05, 3.63) is 0 Å². The molecule has 0 spiro atoms. The first-order chi connectivity index (χ1) is 9.20. The molecule has 0 bridgehead atoms. The SMILES string of the molecule is CCCCCCC(Br)C[Se]CC(Br)CCCCCC. The molecule has 116 valence electrons. The van der Waals surface area contributed by atoms with E-state index in [9.17, 15) is 0 Å². The summed E-state index contributed by atoms with van der Waals surface area (Å²) >= 11 is 8.52. The van der Waals surface area contributed by atoms with E-state index in [-0.39, 0.29) is 0 Å². The van der Waals surface area contributed by atoms with Crippen molar-refractivity contribution in [1.82, 2.24) is 0 Å². The molecule has 0 aliphatic rings. The molecule has 0 heterocycles. The van der Waals surface area contributed by atoms with Gasteiger partial charge in [-0.25, -0.2) is 0 Å². The molecule has 0 saturated heterocycles. The van der Waals surface area contributed by atoms with Gasteiger partial charge < -0.3 is 0 Å². The maximum atomic E-state index is 3.85. The van der Waals surface area contributed by atoms with Crippen molar-refractivity contribution in [2.45, 2.75) is 98.3 Å². The molecule has 0 aliphatic heterocycles. The summed E-state index contributed by atoms with van der Waals surface area (Å²) in [6.07, 6.45) is 13.9. The predicted octanol–water partition coefficient (Wildman–Crippen LogP) is 7.00. The molecule has 3 heteroatoms. The third kappa shape index (κ3) is 15.7. The van der Waals surface area contributed by atoms with Crippen LogP contribution in [0.4, 0.5) is 0 Å². The zero-order valence-corrected chi connectivity index (χ0v) is 17.7. The van der Waals surface area contributed by atoms with E-state index in [0.29, 0.717) is 0 Å². The number of alkyl halides is 2. The number of rotatable bonds is 14. The van der Waals surface area contributed by atoms with Gasteiger partial charge in [0.2, 0.25) is 0 Å². The molecule has 2 atom stereocenters. The quantitative estimate of drug-likeness (QED) is 0.148. The van der Waals surface area contributed by atoms with Crippen molar-refractivity contribution in [3.8, 4) is 0 Å². The van der Waals surface area contributed by atoms with Crippen LogP contribution in [0.3, 0.4) is 0 Å². The minimum atomic E-state index is 0.782. The molecule has 0 rings (SSSR count). The number of hydrogen-bond donors (Lipinski definition) is 0. The Bertz CT molecular complexity index is 158. The van der Waals surface area contributed by atoms with Crippen molar-refractivity contribution in [3.63, 3.8) is 0 Å². The Morgan fingerprint density at radius 1 is 0.684 bits per heavy atom. The zero-order chi connectivity index (χ0) is 14.3. The van der Waals surface area contributed by atoms with Crippen molar-refractivity contribution in [1.29, 1.82) is 0 Å². The second-order valence-corrected chi connectivity index (χ2v) is 10.3. The van der Waals surface area contributed by atoms with Gasteiger partial charge in [0.05, 0.1) is 0 Å². The molecule has 0 nitrogen and oxygen atoms in total. The van der Waals surface area contributed by atoms with E-state index in [1.54, 1.807) is 0 Å². The van der Waals surface area contributed by atoms with Crippen LogP contribution >= 0.6 is 31.9 Å². The summed E-state index contributed by atoms with van der Waals surface area (Å²) < 4.78 is 0. The van der Waals surface area contributed by atoms with Gasteiger partial charge in [-0.1, -0.05) is 0 Å². The van der Waals surface area contributed by atoms with Gasteiger partial charge in [-0.15, -0.1) is 0 Å². The van der Waals surface area contributed by atoms with Crippen LogP contribution in [0.2, 0.25) is 10.6 Å². The number of halogens is 2. The summed E-state index contributed by atoms with van der Waals surface area (Å²) in [4.78, 5) is 1.56. The normalized spacial score (nSPS) is 14.5. The summed E-state index contributed by atoms with van der Waals surface area (Å²) in [5, 5.41) is 2.83. The Morgan fingerprint density at radius 2 is 1.11 bits per heavy atom. The van der Waals surface area contributed by atoms with E-state index in [0.717, 1.165) is 24.6 Å². The number of unbranched alkanes of at least 4 members (excludes halogenated alkanes) is 6. The van der Waals surface area contributed by atoms with Crippen LogP contribution in [0, 0.1) is 0 Å². The summed E-state index contributed by atoms with van der Waals surface area (Å²) in [6, 6.07) is 0. The molecule has 19 heavy (non-hydrogen) atoms. The van der Waals surface area contributed by atoms with Gasteiger partial charge in [-0.2, -0.15) is 0 Å². The molecule has 0 aliphatic carbocycles. The number of hydrogen-bond acceptors (Lipinski definition) is 0. The van der Waals surface area contributed by atoms with Crippen LogP contribution in [0.25, 0.3) is 0 Å².